The minimum absolute atomic E-state index is 0.0386. The molecule has 0 saturated carbocycles. The zero-order valence-corrected chi connectivity index (χ0v) is 11.9. The molecule has 1 aromatic rings. The normalized spacial score (nSPS) is 10.6. The average molecular weight is 302 g/mol. The predicted molar refractivity (Wildman–Crippen MR) is 77.6 cm³/mol. The van der Waals surface area contributed by atoms with Gasteiger partial charge >= 0.3 is 5.97 Å². The Morgan fingerprint density at radius 1 is 1.36 bits per heavy atom. The Bertz CT molecular complexity index is 641. The summed E-state index contributed by atoms with van der Waals surface area (Å²) in [7, 11) is 0. The number of esters is 1. The van der Waals surface area contributed by atoms with Gasteiger partial charge in [-0.2, -0.15) is 5.26 Å². The number of ether oxygens (including phenoxy) is 1. The molecular weight excluding hydrogens is 288 g/mol. The molecule has 0 radical (unpaired) electrons. The van der Waals surface area contributed by atoms with E-state index in [2.05, 4.69) is 0 Å². The van der Waals surface area contributed by atoms with Crippen LogP contribution < -0.4 is 0 Å². The van der Waals surface area contributed by atoms with Crippen LogP contribution in [0.15, 0.2) is 29.8 Å². The number of benzene rings is 1. The van der Waals surface area contributed by atoms with E-state index in [1.54, 1.807) is 6.92 Å². The number of nitro benzene ring substituents is 1. The number of non-ortho nitro benzene ring substituents is 1. The summed E-state index contributed by atoms with van der Waals surface area (Å²) in [6.07, 6.45) is 1.48. The van der Waals surface area contributed by atoms with E-state index in [1.165, 1.54) is 30.3 Å². The van der Waals surface area contributed by atoms with Crippen LogP contribution in [0.1, 0.15) is 25.3 Å². The van der Waals surface area contributed by atoms with E-state index in [1.807, 2.05) is 6.07 Å². The summed E-state index contributed by atoms with van der Waals surface area (Å²) in [6.45, 7) is 1.51. The molecule has 0 unspecified atom stereocenters. The number of ketones is 1. The van der Waals surface area contributed by atoms with Crippen LogP contribution in [0.5, 0.6) is 0 Å². The number of nitrogens with zero attached hydrogens (tertiary/aromatic N) is 2. The highest BCUT2D eigenvalue weighted by Crippen LogP contribution is 2.16. The van der Waals surface area contributed by atoms with Gasteiger partial charge in [0.25, 0.3) is 5.69 Å². The van der Waals surface area contributed by atoms with E-state index in [0.717, 1.165) is 0 Å². The molecule has 7 nitrogen and oxygen atoms in total. The molecule has 0 fully saturated rings. The van der Waals surface area contributed by atoms with Crippen molar-refractivity contribution in [2.75, 3.05) is 6.61 Å². The Balaban J connectivity index is 3.00. The third-order valence-electron chi connectivity index (χ3n) is 2.70. The SMILES string of the molecule is CCC(=O)/C(=C\c1ccc([N+](=O)[O-])cc1)C(=O)OCCC#N. The maximum absolute atomic E-state index is 11.9. The topological polar surface area (TPSA) is 110 Å². The highest BCUT2D eigenvalue weighted by molar-refractivity contribution is 6.20. The molecule has 0 aliphatic rings. The van der Waals surface area contributed by atoms with Gasteiger partial charge in [0.15, 0.2) is 5.78 Å². The third-order valence-corrected chi connectivity index (χ3v) is 2.70. The molecule has 22 heavy (non-hydrogen) atoms. The molecule has 114 valence electrons. The van der Waals surface area contributed by atoms with Gasteiger partial charge in [-0.15, -0.1) is 0 Å². The first-order chi connectivity index (χ1) is 10.5. The van der Waals surface area contributed by atoms with E-state index >= 15 is 0 Å². The van der Waals surface area contributed by atoms with E-state index < -0.39 is 16.7 Å². The molecule has 0 heterocycles. The standard InChI is InChI=1S/C15H14N2O5/c1-2-14(18)13(15(19)22-9-3-8-16)10-11-4-6-12(7-5-11)17(20)21/h4-7,10H,2-3,9H2,1H3/b13-10+. The fourth-order valence-corrected chi connectivity index (χ4v) is 1.57. The van der Waals surface area contributed by atoms with Crippen molar-refractivity contribution in [2.45, 2.75) is 19.8 Å². The lowest BCUT2D eigenvalue weighted by atomic mass is 10.1. The van der Waals surface area contributed by atoms with Crippen molar-refractivity contribution in [3.63, 3.8) is 0 Å². The first kappa shape index (κ1) is 17.0. The molecule has 0 amide bonds. The van der Waals surface area contributed by atoms with Crippen LogP contribution in [-0.4, -0.2) is 23.3 Å². The highest BCUT2D eigenvalue weighted by atomic mass is 16.6. The van der Waals surface area contributed by atoms with Crippen LogP contribution in [-0.2, 0) is 14.3 Å². The summed E-state index contributed by atoms with van der Waals surface area (Å²) in [5, 5.41) is 19.0. The predicted octanol–water partition coefficient (Wildman–Crippen LogP) is 2.41. The number of carbonyl (C=O) groups excluding carboxylic acids is 2. The molecule has 0 aliphatic heterocycles. The quantitative estimate of drug-likeness (QED) is 0.145. The van der Waals surface area contributed by atoms with Crippen molar-refractivity contribution in [2.24, 2.45) is 0 Å². The number of hydrogen-bond donors (Lipinski definition) is 0. The summed E-state index contributed by atoms with van der Waals surface area (Å²) in [5.74, 6) is -1.21. The Morgan fingerprint density at radius 3 is 2.50 bits per heavy atom. The van der Waals surface area contributed by atoms with Crippen LogP contribution in [0, 0.1) is 21.4 Å². The van der Waals surface area contributed by atoms with Crippen molar-refractivity contribution >= 4 is 23.5 Å². The van der Waals surface area contributed by atoms with Gasteiger partial charge < -0.3 is 4.74 Å². The van der Waals surface area contributed by atoms with Crippen molar-refractivity contribution < 1.29 is 19.2 Å². The fourth-order valence-electron chi connectivity index (χ4n) is 1.57. The average Bonchev–Trinajstić information content (AvgIpc) is 2.52. The lowest BCUT2D eigenvalue weighted by Gasteiger charge is -2.05. The Morgan fingerprint density at radius 2 is 2.00 bits per heavy atom. The molecule has 1 aromatic carbocycles. The Hall–Kier alpha value is -3.01. The van der Waals surface area contributed by atoms with Gasteiger partial charge in [-0.05, 0) is 23.8 Å². The van der Waals surface area contributed by atoms with Gasteiger partial charge in [-0.1, -0.05) is 6.92 Å². The molecule has 0 aliphatic carbocycles. The smallest absolute Gasteiger partial charge is 0.341 e. The lowest BCUT2D eigenvalue weighted by molar-refractivity contribution is -0.384. The first-order valence-electron chi connectivity index (χ1n) is 6.53. The molecule has 0 saturated heterocycles. The van der Waals surface area contributed by atoms with Crippen LogP contribution in [0.25, 0.3) is 6.08 Å². The van der Waals surface area contributed by atoms with E-state index in [4.69, 9.17) is 10.00 Å². The number of nitro groups is 1. The third kappa shape index (κ3) is 4.83. The molecule has 1 rings (SSSR count). The van der Waals surface area contributed by atoms with E-state index in [9.17, 15) is 19.7 Å². The van der Waals surface area contributed by atoms with Crippen LogP contribution in [0.3, 0.4) is 0 Å². The fraction of sp³-hybridized carbons (Fsp3) is 0.267. The summed E-state index contributed by atoms with van der Waals surface area (Å²) < 4.78 is 4.84. The van der Waals surface area contributed by atoms with Gasteiger partial charge in [0.1, 0.15) is 12.2 Å². The summed E-state index contributed by atoms with van der Waals surface area (Å²) in [4.78, 5) is 33.7. The molecule has 7 heteroatoms. The number of nitriles is 1. The molecule has 0 aromatic heterocycles. The van der Waals surface area contributed by atoms with Crippen molar-refractivity contribution in [3.8, 4) is 6.07 Å². The van der Waals surface area contributed by atoms with Crippen LogP contribution >= 0.6 is 0 Å². The molecule has 0 spiro atoms. The van der Waals surface area contributed by atoms with Gasteiger partial charge in [-0.25, -0.2) is 4.79 Å². The monoisotopic (exact) mass is 302 g/mol. The van der Waals surface area contributed by atoms with Crippen molar-refractivity contribution in [1.29, 1.82) is 5.26 Å². The largest absolute Gasteiger partial charge is 0.461 e. The zero-order chi connectivity index (χ0) is 16.5. The van der Waals surface area contributed by atoms with Crippen molar-refractivity contribution in [3.05, 3.63) is 45.5 Å². The van der Waals surface area contributed by atoms with Gasteiger partial charge in [0.2, 0.25) is 0 Å². The summed E-state index contributed by atoms with van der Waals surface area (Å²) in [5.41, 5.74) is 0.242. The van der Waals surface area contributed by atoms with Gasteiger partial charge in [0.05, 0.1) is 17.4 Å². The maximum Gasteiger partial charge on any atom is 0.341 e. The minimum atomic E-state index is -0.805. The molecule has 0 bridgehead atoms. The maximum atomic E-state index is 11.9. The molecular formula is C15H14N2O5. The summed E-state index contributed by atoms with van der Waals surface area (Å²) >= 11 is 0. The van der Waals surface area contributed by atoms with Gasteiger partial charge in [-0.3, -0.25) is 14.9 Å². The molecule has 0 atom stereocenters. The first-order valence-corrected chi connectivity index (χ1v) is 6.53. The second kappa shape index (κ2) is 8.32. The summed E-state index contributed by atoms with van der Waals surface area (Å²) in [6, 6.07) is 7.25. The lowest BCUT2D eigenvalue weighted by Crippen LogP contribution is -2.15. The highest BCUT2D eigenvalue weighted by Gasteiger charge is 2.18. The Labute approximate surface area is 127 Å². The second-order valence-corrected chi connectivity index (χ2v) is 4.23. The number of hydrogen-bond acceptors (Lipinski definition) is 6. The Kier molecular flexibility index (Phi) is 6.44. The van der Waals surface area contributed by atoms with E-state index in [-0.39, 0.29) is 30.7 Å². The minimum Gasteiger partial charge on any atom is -0.461 e. The second-order valence-electron chi connectivity index (χ2n) is 4.23. The van der Waals surface area contributed by atoms with Crippen LogP contribution in [0.4, 0.5) is 5.69 Å². The number of carbonyl (C=O) groups is 2. The zero-order valence-electron chi connectivity index (χ0n) is 11.9. The number of rotatable bonds is 7. The number of Topliss-reactive ketones (excluding diaryl/α,β-unsaturated/α-hetero) is 1. The molecule has 0 N–H and O–H groups in total. The van der Waals surface area contributed by atoms with Gasteiger partial charge in [0, 0.05) is 18.6 Å². The van der Waals surface area contributed by atoms with Crippen molar-refractivity contribution in [1.82, 2.24) is 0 Å². The van der Waals surface area contributed by atoms with E-state index in [0.29, 0.717) is 5.56 Å². The van der Waals surface area contributed by atoms with Crippen LogP contribution in [0.2, 0.25) is 0 Å².